The number of urea groups is 1. The van der Waals surface area contributed by atoms with Crippen LogP contribution in [0.4, 0.5) is 4.79 Å². The number of carbonyl (C=O) groups is 1. The molecule has 130 valence electrons. The van der Waals surface area contributed by atoms with Crippen LogP contribution in [0.3, 0.4) is 0 Å². The van der Waals surface area contributed by atoms with Gasteiger partial charge in [-0.2, -0.15) is 0 Å². The fourth-order valence-corrected chi connectivity index (χ4v) is 2.93. The van der Waals surface area contributed by atoms with Gasteiger partial charge in [0.1, 0.15) is 5.75 Å². The first-order valence-corrected chi connectivity index (χ1v) is 9.16. The first kappa shape index (κ1) is 19.5. The number of methoxy groups -OCH3 is 1. The molecule has 1 aromatic rings. The summed E-state index contributed by atoms with van der Waals surface area (Å²) >= 11 is 0. The van der Waals surface area contributed by atoms with E-state index >= 15 is 0 Å². The lowest BCUT2D eigenvalue weighted by atomic mass is 10.0. The van der Waals surface area contributed by atoms with Crippen LogP contribution in [0.5, 0.6) is 5.75 Å². The second-order valence-electron chi connectivity index (χ2n) is 6.30. The highest BCUT2D eigenvalue weighted by Crippen LogP contribution is 2.19. The van der Waals surface area contributed by atoms with Gasteiger partial charge in [-0.25, -0.2) is 4.79 Å². The van der Waals surface area contributed by atoms with E-state index in [9.17, 15) is 9.00 Å². The normalized spacial score (nSPS) is 14.0. The minimum atomic E-state index is -0.964. The first-order chi connectivity index (χ1) is 10.8. The van der Waals surface area contributed by atoms with E-state index < -0.39 is 10.8 Å². The Bertz CT molecular complexity index is 524. The predicted molar refractivity (Wildman–Crippen MR) is 95.3 cm³/mol. The van der Waals surface area contributed by atoms with Crippen molar-refractivity contribution in [3.8, 4) is 5.75 Å². The van der Waals surface area contributed by atoms with Crippen LogP contribution in [0.15, 0.2) is 24.3 Å². The summed E-state index contributed by atoms with van der Waals surface area (Å²) in [7, 11) is 0.660. The maximum atomic E-state index is 12.0. The molecule has 2 unspecified atom stereocenters. The molecule has 6 heteroatoms. The summed E-state index contributed by atoms with van der Waals surface area (Å²) in [5.41, 5.74) is 1.03. The molecule has 0 heterocycles. The average molecular weight is 340 g/mol. The van der Waals surface area contributed by atoms with E-state index in [0.717, 1.165) is 17.7 Å². The highest BCUT2D eigenvalue weighted by atomic mass is 32.2. The molecule has 1 rings (SSSR count). The standard InChI is InChI=1S/C17H28N2O3S/c1-6-15(13-7-9-14(22-5)10-8-13)19-16(20)18-11-12-23(21)17(2,3)4/h7-10,15H,6,11-12H2,1-5H3,(H2,18,19,20). The lowest BCUT2D eigenvalue weighted by Crippen LogP contribution is -2.40. The lowest BCUT2D eigenvalue weighted by molar-refractivity contribution is 0.237. The molecule has 0 spiro atoms. The summed E-state index contributed by atoms with van der Waals surface area (Å²) < 4.78 is 16.8. The van der Waals surface area contributed by atoms with Gasteiger partial charge < -0.3 is 15.4 Å². The molecule has 0 aliphatic carbocycles. The van der Waals surface area contributed by atoms with Crippen molar-refractivity contribution in [1.29, 1.82) is 0 Å². The van der Waals surface area contributed by atoms with Crippen molar-refractivity contribution in [1.82, 2.24) is 10.6 Å². The molecule has 2 N–H and O–H groups in total. The molecule has 5 nitrogen and oxygen atoms in total. The smallest absolute Gasteiger partial charge is 0.315 e. The summed E-state index contributed by atoms with van der Waals surface area (Å²) in [6.07, 6.45) is 0.785. The summed E-state index contributed by atoms with van der Waals surface area (Å²) in [5, 5.41) is 5.72. The number of benzene rings is 1. The third-order valence-corrected chi connectivity index (χ3v) is 5.43. The monoisotopic (exact) mass is 340 g/mol. The molecule has 0 aliphatic heterocycles. The summed E-state index contributed by atoms with van der Waals surface area (Å²) in [6.45, 7) is 8.21. The number of hydrogen-bond donors (Lipinski definition) is 2. The quantitative estimate of drug-likeness (QED) is 0.802. The topological polar surface area (TPSA) is 67.4 Å². The highest BCUT2D eigenvalue weighted by Gasteiger charge is 2.19. The largest absolute Gasteiger partial charge is 0.497 e. The summed E-state index contributed by atoms with van der Waals surface area (Å²) in [6, 6.07) is 7.35. The van der Waals surface area contributed by atoms with Gasteiger partial charge in [0.05, 0.1) is 13.2 Å². The van der Waals surface area contributed by atoms with Crippen LogP contribution in [0.2, 0.25) is 0 Å². The van der Waals surface area contributed by atoms with Gasteiger partial charge >= 0.3 is 6.03 Å². The van der Waals surface area contributed by atoms with Gasteiger partial charge in [-0.15, -0.1) is 0 Å². The van der Waals surface area contributed by atoms with E-state index in [1.807, 2.05) is 52.0 Å². The molecule has 2 atom stereocenters. The van der Waals surface area contributed by atoms with Crippen LogP contribution in [-0.2, 0) is 10.8 Å². The Morgan fingerprint density at radius 3 is 2.35 bits per heavy atom. The van der Waals surface area contributed by atoms with Crippen molar-refractivity contribution < 1.29 is 13.7 Å². The maximum Gasteiger partial charge on any atom is 0.315 e. The third-order valence-electron chi connectivity index (χ3n) is 3.49. The first-order valence-electron chi connectivity index (χ1n) is 7.84. The highest BCUT2D eigenvalue weighted by molar-refractivity contribution is 7.86. The second-order valence-corrected chi connectivity index (χ2v) is 8.62. The molecule has 0 aromatic heterocycles. The molecular formula is C17H28N2O3S. The fraction of sp³-hybridized carbons (Fsp3) is 0.588. The van der Waals surface area contributed by atoms with Gasteiger partial charge in [-0.3, -0.25) is 4.21 Å². The number of amides is 2. The molecule has 0 fully saturated rings. The molecule has 1 aromatic carbocycles. The Morgan fingerprint density at radius 2 is 1.87 bits per heavy atom. The summed E-state index contributed by atoms with van der Waals surface area (Å²) in [4.78, 5) is 12.0. The van der Waals surface area contributed by atoms with E-state index in [4.69, 9.17) is 4.74 Å². The van der Waals surface area contributed by atoms with Crippen molar-refractivity contribution in [2.45, 2.75) is 44.9 Å². The van der Waals surface area contributed by atoms with Crippen LogP contribution >= 0.6 is 0 Å². The fourth-order valence-electron chi connectivity index (χ4n) is 2.03. The Hall–Kier alpha value is -1.56. The minimum Gasteiger partial charge on any atom is -0.497 e. The Kier molecular flexibility index (Phi) is 7.55. The summed E-state index contributed by atoms with van der Waals surface area (Å²) in [5.74, 6) is 1.24. The minimum absolute atomic E-state index is 0.0611. The molecule has 0 saturated heterocycles. The average Bonchev–Trinajstić information content (AvgIpc) is 2.51. The van der Waals surface area contributed by atoms with E-state index in [0.29, 0.717) is 12.3 Å². The van der Waals surface area contributed by atoms with Crippen molar-refractivity contribution in [3.05, 3.63) is 29.8 Å². The van der Waals surface area contributed by atoms with Crippen molar-refractivity contribution >= 4 is 16.8 Å². The molecule has 23 heavy (non-hydrogen) atoms. The van der Waals surface area contributed by atoms with E-state index in [-0.39, 0.29) is 16.8 Å². The molecule has 0 radical (unpaired) electrons. The van der Waals surface area contributed by atoms with Crippen molar-refractivity contribution in [2.75, 3.05) is 19.4 Å². The Morgan fingerprint density at radius 1 is 1.26 bits per heavy atom. The van der Waals surface area contributed by atoms with E-state index in [1.165, 1.54) is 0 Å². The van der Waals surface area contributed by atoms with Crippen LogP contribution in [0.1, 0.15) is 45.7 Å². The van der Waals surface area contributed by atoms with E-state index in [2.05, 4.69) is 10.6 Å². The molecule has 2 amide bonds. The zero-order valence-electron chi connectivity index (χ0n) is 14.6. The van der Waals surface area contributed by atoms with Gasteiger partial charge in [0, 0.05) is 27.8 Å². The molecule has 0 saturated carbocycles. The number of rotatable bonds is 7. The Labute approximate surface area is 141 Å². The Balaban J connectivity index is 2.48. The van der Waals surface area contributed by atoms with Crippen LogP contribution < -0.4 is 15.4 Å². The van der Waals surface area contributed by atoms with E-state index in [1.54, 1.807) is 7.11 Å². The number of ether oxygens (including phenoxy) is 1. The predicted octanol–water partition coefficient (Wildman–Crippen LogP) is 2.99. The van der Waals surface area contributed by atoms with Gasteiger partial charge in [-0.1, -0.05) is 19.1 Å². The number of hydrogen-bond acceptors (Lipinski definition) is 3. The van der Waals surface area contributed by atoms with Crippen molar-refractivity contribution in [3.63, 3.8) is 0 Å². The number of nitrogens with one attached hydrogen (secondary N) is 2. The SMILES string of the molecule is CCC(NC(=O)NCCS(=O)C(C)(C)C)c1ccc(OC)cc1. The maximum absolute atomic E-state index is 12.0. The second kappa shape index (κ2) is 8.91. The number of carbonyl (C=O) groups excluding carboxylic acids is 1. The third kappa shape index (κ3) is 6.60. The van der Waals surface area contributed by atoms with Crippen LogP contribution in [0.25, 0.3) is 0 Å². The van der Waals surface area contributed by atoms with Gasteiger partial charge in [-0.05, 0) is 44.9 Å². The van der Waals surface area contributed by atoms with Crippen molar-refractivity contribution in [2.24, 2.45) is 0 Å². The zero-order chi connectivity index (χ0) is 17.5. The van der Waals surface area contributed by atoms with Gasteiger partial charge in [0.2, 0.25) is 0 Å². The zero-order valence-corrected chi connectivity index (χ0v) is 15.5. The van der Waals surface area contributed by atoms with Gasteiger partial charge in [0.25, 0.3) is 0 Å². The molecule has 0 bridgehead atoms. The lowest BCUT2D eigenvalue weighted by Gasteiger charge is -2.20. The van der Waals surface area contributed by atoms with Crippen LogP contribution in [0, 0.1) is 0 Å². The van der Waals surface area contributed by atoms with Crippen LogP contribution in [-0.4, -0.2) is 34.4 Å². The van der Waals surface area contributed by atoms with Gasteiger partial charge in [0.15, 0.2) is 0 Å². The molecular weight excluding hydrogens is 312 g/mol. The molecule has 0 aliphatic rings.